The number of hydrogen-bond acceptors (Lipinski definition) is 6. The molecule has 1 aromatic carbocycles. The average Bonchev–Trinajstić information content (AvgIpc) is 2.54. The van der Waals surface area contributed by atoms with Crippen LogP contribution in [0.25, 0.3) is 0 Å². The molecule has 1 N–H and O–H groups in total. The summed E-state index contributed by atoms with van der Waals surface area (Å²) in [5, 5.41) is 10.5. The van der Waals surface area contributed by atoms with E-state index in [2.05, 4.69) is 9.97 Å². The van der Waals surface area contributed by atoms with Gasteiger partial charge in [-0.25, -0.2) is 9.97 Å². The van der Waals surface area contributed by atoms with Crippen molar-refractivity contribution in [1.82, 2.24) is 9.97 Å². The molecule has 1 aliphatic heterocycles. The van der Waals surface area contributed by atoms with Gasteiger partial charge in [0.05, 0.1) is 27.3 Å². The molecule has 0 bridgehead atoms. The van der Waals surface area contributed by atoms with Crippen molar-refractivity contribution >= 4 is 5.95 Å². The second-order valence-corrected chi connectivity index (χ2v) is 4.81. The van der Waals surface area contributed by atoms with E-state index in [-0.39, 0.29) is 0 Å². The predicted octanol–water partition coefficient (Wildman–Crippen LogP) is 1.55. The Bertz CT molecular complexity index is 634. The Balaban J connectivity index is 2.05. The van der Waals surface area contributed by atoms with Crippen molar-refractivity contribution in [3.63, 3.8) is 0 Å². The Morgan fingerprint density at radius 3 is 2.48 bits per heavy atom. The normalized spacial score (nSPS) is 17.3. The third kappa shape index (κ3) is 2.38. The van der Waals surface area contributed by atoms with Gasteiger partial charge < -0.3 is 19.5 Å². The molecular weight excluding hydrogens is 270 g/mol. The van der Waals surface area contributed by atoms with Crippen LogP contribution in [-0.2, 0) is 6.54 Å². The number of aliphatic hydroxyl groups excluding tert-OH is 1. The standard InChI is InChI=1S/C15H17N3O3/c1-20-12-4-5-13(21-2)14-10(12)8-18(9-11(14)19)15-16-6-3-7-17-15/h3-7,11,19H,8-9H2,1-2H3. The van der Waals surface area contributed by atoms with Gasteiger partial charge in [0.15, 0.2) is 0 Å². The first-order chi connectivity index (χ1) is 10.2. The molecule has 0 radical (unpaired) electrons. The average molecular weight is 287 g/mol. The summed E-state index contributed by atoms with van der Waals surface area (Å²) in [6.45, 7) is 0.983. The maximum atomic E-state index is 10.5. The minimum atomic E-state index is -0.678. The van der Waals surface area contributed by atoms with Gasteiger partial charge >= 0.3 is 0 Å². The number of benzene rings is 1. The van der Waals surface area contributed by atoms with Gasteiger partial charge in [-0.05, 0) is 18.2 Å². The van der Waals surface area contributed by atoms with Gasteiger partial charge in [-0.1, -0.05) is 0 Å². The van der Waals surface area contributed by atoms with E-state index < -0.39 is 6.10 Å². The SMILES string of the molecule is COc1ccc(OC)c2c1CN(c1ncccn1)CC2O. The van der Waals surface area contributed by atoms with Crippen molar-refractivity contribution in [2.75, 3.05) is 25.7 Å². The highest BCUT2D eigenvalue weighted by molar-refractivity contribution is 5.54. The van der Waals surface area contributed by atoms with Crippen LogP contribution in [0.15, 0.2) is 30.6 Å². The lowest BCUT2D eigenvalue weighted by Crippen LogP contribution is -2.35. The lowest BCUT2D eigenvalue weighted by atomic mass is 9.95. The van der Waals surface area contributed by atoms with Crippen molar-refractivity contribution in [2.24, 2.45) is 0 Å². The van der Waals surface area contributed by atoms with Crippen LogP contribution >= 0.6 is 0 Å². The number of aromatic nitrogens is 2. The fourth-order valence-electron chi connectivity index (χ4n) is 2.68. The first-order valence-electron chi connectivity index (χ1n) is 6.68. The molecule has 6 heteroatoms. The third-order valence-electron chi connectivity index (χ3n) is 3.62. The van der Waals surface area contributed by atoms with Crippen LogP contribution in [0, 0.1) is 0 Å². The van der Waals surface area contributed by atoms with E-state index in [9.17, 15) is 5.11 Å². The van der Waals surface area contributed by atoms with Crippen LogP contribution in [0.2, 0.25) is 0 Å². The Morgan fingerprint density at radius 1 is 1.14 bits per heavy atom. The Labute approximate surface area is 123 Å². The van der Waals surface area contributed by atoms with E-state index in [1.165, 1.54) is 0 Å². The molecule has 1 atom stereocenters. The first kappa shape index (κ1) is 13.6. The molecule has 21 heavy (non-hydrogen) atoms. The van der Waals surface area contributed by atoms with E-state index in [1.807, 2.05) is 17.0 Å². The number of methoxy groups -OCH3 is 2. The summed E-state index contributed by atoms with van der Waals surface area (Å²) in [4.78, 5) is 10.4. The molecule has 1 unspecified atom stereocenters. The first-order valence-corrected chi connectivity index (χ1v) is 6.68. The monoisotopic (exact) mass is 287 g/mol. The van der Waals surface area contributed by atoms with Crippen molar-refractivity contribution < 1.29 is 14.6 Å². The summed E-state index contributed by atoms with van der Waals surface area (Å²) in [6, 6.07) is 5.43. The zero-order chi connectivity index (χ0) is 14.8. The molecule has 0 saturated heterocycles. The molecule has 1 aliphatic rings. The van der Waals surface area contributed by atoms with Crippen molar-refractivity contribution in [3.8, 4) is 11.5 Å². The van der Waals surface area contributed by atoms with Gasteiger partial charge in [-0.15, -0.1) is 0 Å². The summed E-state index contributed by atoms with van der Waals surface area (Å²) in [7, 11) is 3.22. The number of anilines is 1. The number of nitrogens with zero attached hydrogens (tertiary/aromatic N) is 3. The van der Waals surface area contributed by atoms with E-state index in [1.54, 1.807) is 32.7 Å². The third-order valence-corrected chi connectivity index (χ3v) is 3.62. The van der Waals surface area contributed by atoms with Crippen LogP contribution in [0.4, 0.5) is 5.95 Å². The van der Waals surface area contributed by atoms with Crippen LogP contribution in [-0.4, -0.2) is 35.8 Å². The molecule has 2 aromatic rings. The van der Waals surface area contributed by atoms with Gasteiger partial charge in [-0.3, -0.25) is 0 Å². The zero-order valence-corrected chi connectivity index (χ0v) is 12.0. The maximum Gasteiger partial charge on any atom is 0.225 e. The van der Waals surface area contributed by atoms with Gasteiger partial charge in [0.25, 0.3) is 0 Å². The molecular formula is C15H17N3O3. The molecule has 2 heterocycles. The quantitative estimate of drug-likeness (QED) is 0.923. The summed E-state index contributed by atoms with van der Waals surface area (Å²) < 4.78 is 10.8. The van der Waals surface area contributed by atoms with Crippen LogP contribution in [0.1, 0.15) is 17.2 Å². The minimum Gasteiger partial charge on any atom is -0.496 e. The van der Waals surface area contributed by atoms with Crippen LogP contribution in [0.5, 0.6) is 11.5 Å². The molecule has 0 fully saturated rings. The number of hydrogen-bond donors (Lipinski definition) is 1. The Hall–Kier alpha value is -2.34. The van der Waals surface area contributed by atoms with Gasteiger partial charge in [0.2, 0.25) is 5.95 Å². The smallest absolute Gasteiger partial charge is 0.225 e. The molecule has 0 spiro atoms. The maximum absolute atomic E-state index is 10.5. The van der Waals surface area contributed by atoms with Crippen molar-refractivity contribution in [2.45, 2.75) is 12.6 Å². The van der Waals surface area contributed by atoms with Crippen LogP contribution < -0.4 is 14.4 Å². The van der Waals surface area contributed by atoms with E-state index >= 15 is 0 Å². The van der Waals surface area contributed by atoms with Gasteiger partial charge in [0, 0.05) is 23.5 Å². The second-order valence-electron chi connectivity index (χ2n) is 4.81. The van der Waals surface area contributed by atoms with E-state index in [0.717, 1.165) is 16.9 Å². The number of ether oxygens (including phenoxy) is 2. The number of aliphatic hydroxyl groups is 1. The molecule has 6 nitrogen and oxygen atoms in total. The van der Waals surface area contributed by atoms with Gasteiger partial charge in [0.1, 0.15) is 17.6 Å². The number of β-amino-alcohol motifs (C(OH)–C–C–N with tert-alkyl or cyclic N) is 1. The highest BCUT2D eigenvalue weighted by Gasteiger charge is 2.30. The highest BCUT2D eigenvalue weighted by atomic mass is 16.5. The fraction of sp³-hybridized carbons (Fsp3) is 0.333. The minimum absolute atomic E-state index is 0.417. The highest BCUT2D eigenvalue weighted by Crippen LogP contribution is 2.39. The molecule has 110 valence electrons. The van der Waals surface area contributed by atoms with E-state index in [0.29, 0.717) is 24.8 Å². The number of rotatable bonds is 3. The summed E-state index contributed by atoms with van der Waals surface area (Å²) in [5.41, 5.74) is 1.69. The summed E-state index contributed by atoms with van der Waals surface area (Å²) >= 11 is 0. The largest absolute Gasteiger partial charge is 0.496 e. The van der Waals surface area contributed by atoms with E-state index in [4.69, 9.17) is 9.47 Å². The molecule has 0 saturated carbocycles. The summed E-state index contributed by atoms with van der Waals surface area (Å²) in [5.74, 6) is 1.99. The second kappa shape index (κ2) is 5.57. The lowest BCUT2D eigenvalue weighted by molar-refractivity contribution is 0.169. The van der Waals surface area contributed by atoms with Gasteiger partial charge in [-0.2, -0.15) is 0 Å². The van der Waals surface area contributed by atoms with Crippen molar-refractivity contribution in [3.05, 3.63) is 41.7 Å². The molecule has 3 rings (SSSR count). The van der Waals surface area contributed by atoms with Crippen molar-refractivity contribution in [1.29, 1.82) is 0 Å². The predicted molar refractivity (Wildman–Crippen MR) is 77.6 cm³/mol. The van der Waals surface area contributed by atoms with Crippen LogP contribution in [0.3, 0.4) is 0 Å². The molecule has 0 amide bonds. The lowest BCUT2D eigenvalue weighted by Gasteiger charge is -2.33. The molecule has 0 aliphatic carbocycles. The Kier molecular flexibility index (Phi) is 3.62. The Morgan fingerprint density at radius 2 is 1.81 bits per heavy atom. The number of fused-ring (bicyclic) bond motifs is 1. The topological polar surface area (TPSA) is 67.7 Å². The fourth-order valence-corrected chi connectivity index (χ4v) is 2.68. The molecule has 1 aromatic heterocycles. The zero-order valence-electron chi connectivity index (χ0n) is 12.0. The summed E-state index contributed by atoms with van der Waals surface area (Å²) in [6.07, 6.45) is 2.70.